The average molecular weight is 372 g/mol. The van der Waals surface area contributed by atoms with Crippen LogP contribution in [0.2, 0.25) is 5.02 Å². The summed E-state index contributed by atoms with van der Waals surface area (Å²) in [5.74, 6) is 2.03. The minimum absolute atomic E-state index is 0.00399. The summed E-state index contributed by atoms with van der Waals surface area (Å²) in [6.45, 7) is 1.32. The van der Waals surface area contributed by atoms with E-state index in [0.717, 1.165) is 18.0 Å². The molecule has 7 heteroatoms. The summed E-state index contributed by atoms with van der Waals surface area (Å²) < 4.78 is 1.66. The molecule has 0 unspecified atom stereocenters. The Kier molecular flexibility index (Phi) is 5.02. The zero-order valence-electron chi connectivity index (χ0n) is 14.5. The number of halogens is 1. The van der Waals surface area contributed by atoms with Gasteiger partial charge in [0, 0.05) is 23.9 Å². The Hall–Kier alpha value is -2.21. The molecule has 2 aliphatic carbocycles. The third-order valence-corrected chi connectivity index (χ3v) is 5.80. The Morgan fingerprint density at radius 2 is 2.12 bits per heavy atom. The number of aromatic nitrogens is 4. The summed E-state index contributed by atoms with van der Waals surface area (Å²) in [7, 11) is 0. The molecule has 1 N–H and O–H groups in total. The molecule has 1 aromatic heterocycles. The second-order valence-electron chi connectivity index (χ2n) is 7.33. The number of allylic oxidation sites excluding steroid dienone is 2. The Balaban J connectivity index is 1.38. The van der Waals surface area contributed by atoms with Crippen LogP contribution in [0.15, 0.2) is 42.7 Å². The van der Waals surface area contributed by atoms with Gasteiger partial charge in [0.25, 0.3) is 0 Å². The molecule has 2 bridgehead atoms. The van der Waals surface area contributed by atoms with Crippen molar-refractivity contribution in [3.8, 4) is 0 Å². The van der Waals surface area contributed by atoms with E-state index in [0.29, 0.717) is 29.8 Å². The average Bonchev–Trinajstić information content (AvgIpc) is 3.38. The number of tetrazole rings is 1. The number of rotatable bonds is 7. The standard InChI is InChI=1S/C19H22ClN5O/c20-18-5-3-14(4-6-18)17(11-25-12-22-23-24-25)9-19(26)21-10-16-8-13-1-2-15(16)7-13/h1-6,12-13,15-17H,7-11H2,(H,21,26)/t13-,15+,16-,17+/m1/s1. The number of nitrogens with zero attached hydrogens (tertiary/aromatic N) is 4. The van der Waals surface area contributed by atoms with Gasteiger partial charge in [-0.2, -0.15) is 0 Å². The highest BCUT2D eigenvalue weighted by molar-refractivity contribution is 6.30. The molecule has 2 aliphatic rings. The fraction of sp³-hybridized carbons (Fsp3) is 0.474. The summed E-state index contributed by atoms with van der Waals surface area (Å²) in [5, 5.41) is 15.1. The molecule has 0 saturated heterocycles. The molecule has 0 aliphatic heterocycles. The first-order valence-electron chi connectivity index (χ1n) is 9.08. The summed E-state index contributed by atoms with van der Waals surface area (Å²) >= 11 is 6.00. The van der Waals surface area contributed by atoms with Gasteiger partial charge in [0.15, 0.2) is 0 Å². The maximum atomic E-state index is 12.6. The van der Waals surface area contributed by atoms with E-state index in [-0.39, 0.29) is 11.8 Å². The van der Waals surface area contributed by atoms with Crippen LogP contribution in [0.3, 0.4) is 0 Å². The highest BCUT2D eigenvalue weighted by Gasteiger charge is 2.35. The number of benzene rings is 1. The van der Waals surface area contributed by atoms with Gasteiger partial charge < -0.3 is 5.32 Å². The maximum absolute atomic E-state index is 12.6. The number of carbonyl (C=O) groups is 1. The van der Waals surface area contributed by atoms with E-state index < -0.39 is 0 Å². The van der Waals surface area contributed by atoms with E-state index in [1.54, 1.807) is 11.0 Å². The van der Waals surface area contributed by atoms with Crippen LogP contribution in [-0.2, 0) is 11.3 Å². The van der Waals surface area contributed by atoms with Gasteiger partial charge >= 0.3 is 0 Å². The molecule has 1 heterocycles. The zero-order chi connectivity index (χ0) is 17.9. The van der Waals surface area contributed by atoms with E-state index in [1.807, 2.05) is 24.3 Å². The third-order valence-electron chi connectivity index (χ3n) is 5.55. The van der Waals surface area contributed by atoms with Crippen molar-refractivity contribution < 1.29 is 4.79 Å². The predicted octanol–water partition coefficient (Wildman–Crippen LogP) is 2.83. The van der Waals surface area contributed by atoms with Crippen LogP contribution >= 0.6 is 11.6 Å². The number of carbonyl (C=O) groups excluding carboxylic acids is 1. The molecule has 136 valence electrons. The van der Waals surface area contributed by atoms with Crippen molar-refractivity contribution in [1.82, 2.24) is 25.5 Å². The lowest BCUT2D eigenvalue weighted by molar-refractivity contribution is -0.121. The molecule has 4 atom stereocenters. The Morgan fingerprint density at radius 1 is 1.27 bits per heavy atom. The Morgan fingerprint density at radius 3 is 2.77 bits per heavy atom. The van der Waals surface area contributed by atoms with Gasteiger partial charge in [-0.15, -0.1) is 5.10 Å². The zero-order valence-corrected chi connectivity index (χ0v) is 15.2. The quantitative estimate of drug-likeness (QED) is 0.759. The fourth-order valence-corrected chi connectivity index (χ4v) is 4.31. The minimum Gasteiger partial charge on any atom is -0.356 e. The van der Waals surface area contributed by atoms with Crippen LogP contribution < -0.4 is 5.32 Å². The van der Waals surface area contributed by atoms with Crippen molar-refractivity contribution in [3.05, 3.63) is 53.3 Å². The van der Waals surface area contributed by atoms with Gasteiger partial charge in [-0.25, -0.2) is 4.68 Å². The third kappa shape index (κ3) is 3.96. The molecule has 4 rings (SSSR count). The van der Waals surface area contributed by atoms with Crippen LogP contribution in [0.4, 0.5) is 0 Å². The highest BCUT2D eigenvalue weighted by atomic mass is 35.5. The summed E-state index contributed by atoms with van der Waals surface area (Å²) in [6.07, 6.45) is 9.07. The van der Waals surface area contributed by atoms with Crippen molar-refractivity contribution in [2.24, 2.45) is 17.8 Å². The van der Waals surface area contributed by atoms with Crippen LogP contribution in [0, 0.1) is 17.8 Å². The number of fused-ring (bicyclic) bond motifs is 2. The molecule has 0 radical (unpaired) electrons. The molecular weight excluding hydrogens is 350 g/mol. The van der Waals surface area contributed by atoms with Gasteiger partial charge in [0.1, 0.15) is 6.33 Å². The van der Waals surface area contributed by atoms with Crippen LogP contribution in [0.1, 0.15) is 30.7 Å². The first kappa shape index (κ1) is 17.2. The van der Waals surface area contributed by atoms with Crippen LogP contribution in [-0.4, -0.2) is 32.7 Å². The predicted molar refractivity (Wildman–Crippen MR) is 98.5 cm³/mol. The van der Waals surface area contributed by atoms with Crippen molar-refractivity contribution in [2.75, 3.05) is 6.54 Å². The van der Waals surface area contributed by atoms with Gasteiger partial charge in [-0.05, 0) is 58.7 Å². The van der Waals surface area contributed by atoms with Gasteiger partial charge in [-0.3, -0.25) is 4.79 Å². The second kappa shape index (κ2) is 7.58. The van der Waals surface area contributed by atoms with E-state index >= 15 is 0 Å². The molecule has 26 heavy (non-hydrogen) atoms. The summed E-state index contributed by atoms with van der Waals surface area (Å²) in [4.78, 5) is 12.6. The largest absolute Gasteiger partial charge is 0.356 e. The first-order valence-corrected chi connectivity index (χ1v) is 9.46. The monoisotopic (exact) mass is 371 g/mol. The number of nitrogens with one attached hydrogen (secondary N) is 1. The smallest absolute Gasteiger partial charge is 0.220 e. The van der Waals surface area contributed by atoms with E-state index in [4.69, 9.17) is 11.6 Å². The van der Waals surface area contributed by atoms with E-state index in [9.17, 15) is 4.79 Å². The normalized spacial score (nSPS) is 24.7. The van der Waals surface area contributed by atoms with Crippen LogP contribution in [0.5, 0.6) is 0 Å². The topological polar surface area (TPSA) is 72.7 Å². The van der Waals surface area contributed by atoms with Gasteiger partial charge in [0.2, 0.25) is 5.91 Å². The molecule has 1 amide bonds. The molecular formula is C19H22ClN5O. The molecule has 1 aromatic carbocycles. The van der Waals surface area contributed by atoms with Crippen LogP contribution in [0.25, 0.3) is 0 Å². The highest BCUT2D eigenvalue weighted by Crippen LogP contribution is 2.42. The van der Waals surface area contributed by atoms with Crippen molar-refractivity contribution >= 4 is 17.5 Å². The summed E-state index contributed by atoms with van der Waals surface area (Å²) in [5.41, 5.74) is 1.06. The lowest BCUT2D eigenvalue weighted by Gasteiger charge is -2.20. The van der Waals surface area contributed by atoms with Crippen molar-refractivity contribution in [2.45, 2.75) is 31.7 Å². The van der Waals surface area contributed by atoms with Gasteiger partial charge in [-0.1, -0.05) is 35.9 Å². The fourth-order valence-electron chi connectivity index (χ4n) is 4.18. The Bertz CT molecular complexity index is 774. The molecule has 2 aromatic rings. The maximum Gasteiger partial charge on any atom is 0.220 e. The number of hydrogen-bond donors (Lipinski definition) is 1. The second-order valence-corrected chi connectivity index (χ2v) is 7.77. The molecule has 1 fully saturated rings. The summed E-state index contributed by atoms with van der Waals surface area (Å²) in [6, 6.07) is 7.63. The minimum atomic E-state index is -0.00399. The number of hydrogen-bond acceptors (Lipinski definition) is 4. The molecule has 6 nitrogen and oxygen atoms in total. The SMILES string of the molecule is O=C(C[C@@H](Cn1cnnn1)c1ccc(Cl)cc1)NC[C@H]1C[C@@H]2C=C[C@H]1C2. The molecule has 0 spiro atoms. The number of amides is 1. The molecule has 1 saturated carbocycles. The van der Waals surface area contributed by atoms with E-state index in [1.165, 1.54) is 12.8 Å². The first-order chi connectivity index (χ1) is 12.7. The van der Waals surface area contributed by atoms with Crippen molar-refractivity contribution in [1.29, 1.82) is 0 Å². The van der Waals surface area contributed by atoms with Gasteiger partial charge in [0.05, 0.1) is 6.54 Å². The van der Waals surface area contributed by atoms with E-state index in [2.05, 4.69) is 33.0 Å². The lowest BCUT2D eigenvalue weighted by atomic mass is 9.93. The van der Waals surface area contributed by atoms with Crippen molar-refractivity contribution in [3.63, 3.8) is 0 Å². The lowest BCUT2D eigenvalue weighted by Crippen LogP contribution is -2.32. The Labute approximate surface area is 157 Å².